The number of unbranched alkanes of at least 4 members (excludes halogenated alkanes) is 1. The summed E-state index contributed by atoms with van der Waals surface area (Å²) in [5.41, 5.74) is 0.170. The number of thioether (sulfide) groups is 1. The lowest BCUT2D eigenvalue weighted by Gasteiger charge is -2.06. The van der Waals surface area contributed by atoms with Crippen molar-refractivity contribution in [3.63, 3.8) is 0 Å². The molecule has 0 radical (unpaired) electrons. The molecule has 0 heterocycles. The molecule has 1 N–H and O–H groups in total. The minimum absolute atomic E-state index is 0.170. The van der Waals surface area contributed by atoms with Gasteiger partial charge in [-0.1, -0.05) is 13.3 Å². The van der Waals surface area contributed by atoms with Crippen LogP contribution in [0.15, 0.2) is 10.6 Å². The molecule has 0 aliphatic carbocycles. The van der Waals surface area contributed by atoms with Crippen molar-refractivity contribution >= 4 is 11.8 Å². The molecular weight excluding hydrogens is 182 g/mol. The summed E-state index contributed by atoms with van der Waals surface area (Å²) in [5.74, 6) is 0. The first-order valence-corrected chi connectivity index (χ1v) is 5.34. The third kappa shape index (κ3) is 4.45. The second kappa shape index (κ2) is 7.52. The average Bonchev–Trinajstić information content (AvgIpc) is 2.17. The zero-order valence-electron chi connectivity index (χ0n) is 7.92. The summed E-state index contributed by atoms with van der Waals surface area (Å²) in [6.07, 6.45) is 4.00. The average molecular weight is 195 g/mol. The van der Waals surface area contributed by atoms with E-state index >= 15 is 0 Å². The van der Waals surface area contributed by atoms with Gasteiger partial charge in [0, 0.05) is 6.54 Å². The fraction of sp³-hybridized carbons (Fsp3) is 0.556. The molecule has 0 unspecified atom stereocenters. The Labute approximate surface area is 83.4 Å². The molecule has 0 aromatic rings. The van der Waals surface area contributed by atoms with Crippen molar-refractivity contribution in [1.29, 1.82) is 10.5 Å². The summed E-state index contributed by atoms with van der Waals surface area (Å²) in [7, 11) is 0. The van der Waals surface area contributed by atoms with E-state index in [-0.39, 0.29) is 5.57 Å². The number of nitrogens with zero attached hydrogens (tertiary/aromatic N) is 2. The van der Waals surface area contributed by atoms with Gasteiger partial charge in [-0.15, -0.1) is 11.8 Å². The van der Waals surface area contributed by atoms with Crippen molar-refractivity contribution in [2.24, 2.45) is 0 Å². The summed E-state index contributed by atoms with van der Waals surface area (Å²) in [4.78, 5) is 0. The van der Waals surface area contributed by atoms with Gasteiger partial charge in [0.1, 0.15) is 12.1 Å². The van der Waals surface area contributed by atoms with Crippen LogP contribution in [0.2, 0.25) is 0 Å². The molecule has 0 aromatic carbocycles. The molecule has 0 spiro atoms. The van der Waals surface area contributed by atoms with Crippen LogP contribution in [0.3, 0.4) is 0 Å². The van der Waals surface area contributed by atoms with Crippen LogP contribution in [-0.2, 0) is 0 Å². The molecule has 0 amide bonds. The van der Waals surface area contributed by atoms with Gasteiger partial charge in [-0.3, -0.25) is 0 Å². The van der Waals surface area contributed by atoms with E-state index in [1.54, 1.807) is 0 Å². The quantitative estimate of drug-likeness (QED) is 0.538. The standard InChI is InChI=1S/C9H13N3S/c1-3-4-5-12-9(13-2)8(6-10)7-11/h12H,3-5H2,1-2H3. The smallest absolute Gasteiger partial charge is 0.159 e. The number of hydrogen-bond donors (Lipinski definition) is 1. The fourth-order valence-corrected chi connectivity index (χ4v) is 1.31. The Kier molecular flexibility index (Phi) is 6.86. The summed E-state index contributed by atoms with van der Waals surface area (Å²) in [5, 5.41) is 20.9. The van der Waals surface area contributed by atoms with Crippen LogP contribution < -0.4 is 5.32 Å². The predicted molar refractivity (Wildman–Crippen MR) is 54.7 cm³/mol. The maximum absolute atomic E-state index is 8.60. The molecule has 70 valence electrons. The van der Waals surface area contributed by atoms with E-state index < -0.39 is 0 Å². The van der Waals surface area contributed by atoms with Gasteiger partial charge in [-0.05, 0) is 12.7 Å². The molecule has 0 atom stereocenters. The lowest BCUT2D eigenvalue weighted by atomic mass is 10.3. The highest BCUT2D eigenvalue weighted by Crippen LogP contribution is 2.12. The fourth-order valence-electron chi connectivity index (χ4n) is 0.768. The van der Waals surface area contributed by atoms with E-state index in [1.165, 1.54) is 11.8 Å². The van der Waals surface area contributed by atoms with Crippen LogP contribution in [0.4, 0.5) is 0 Å². The van der Waals surface area contributed by atoms with Gasteiger partial charge < -0.3 is 5.32 Å². The SMILES string of the molecule is CCCCNC(SC)=C(C#N)C#N. The summed E-state index contributed by atoms with van der Waals surface area (Å²) < 4.78 is 0. The van der Waals surface area contributed by atoms with Crippen molar-refractivity contribution in [3.8, 4) is 12.1 Å². The van der Waals surface area contributed by atoms with Gasteiger partial charge >= 0.3 is 0 Å². The van der Waals surface area contributed by atoms with Crippen molar-refractivity contribution in [2.75, 3.05) is 12.8 Å². The Hall–Kier alpha value is -1.13. The topological polar surface area (TPSA) is 59.6 Å². The Morgan fingerprint density at radius 1 is 1.38 bits per heavy atom. The van der Waals surface area contributed by atoms with Gasteiger partial charge in [0.05, 0.1) is 5.03 Å². The molecular formula is C9H13N3S. The van der Waals surface area contributed by atoms with Crippen LogP contribution in [-0.4, -0.2) is 12.8 Å². The number of nitriles is 2. The molecule has 0 bridgehead atoms. The number of allylic oxidation sites excluding steroid dienone is 1. The third-order valence-electron chi connectivity index (χ3n) is 1.47. The van der Waals surface area contributed by atoms with Crippen LogP contribution in [0.25, 0.3) is 0 Å². The zero-order valence-corrected chi connectivity index (χ0v) is 8.74. The van der Waals surface area contributed by atoms with Crippen LogP contribution in [0, 0.1) is 22.7 Å². The molecule has 0 aromatic heterocycles. The Balaban J connectivity index is 4.26. The summed E-state index contributed by atoms with van der Waals surface area (Å²) in [6.45, 7) is 2.92. The molecule has 4 heteroatoms. The van der Waals surface area contributed by atoms with E-state index in [1.807, 2.05) is 18.4 Å². The summed E-state index contributed by atoms with van der Waals surface area (Å²) in [6, 6.07) is 3.73. The second-order valence-corrected chi connectivity index (χ2v) is 3.23. The zero-order chi connectivity index (χ0) is 10.1. The van der Waals surface area contributed by atoms with E-state index in [0.29, 0.717) is 5.03 Å². The number of rotatable bonds is 5. The first kappa shape index (κ1) is 11.9. The van der Waals surface area contributed by atoms with Gasteiger partial charge in [-0.25, -0.2) is 0 Å². The maximum atomic E-state index is 8.60. The second-order valence-electron chi connectivity index (χ2n) is 2.41. The highest BCUT2D eigenvalue weighted by molar-refractivity contribution is 8.02. The number of hydrogen-bond acceptors (Lipinski definition) is 4. The molecule has 3 nitrogen and oxygen atoms in total. The molecule has 0 aliphatic rings. The first-order chi connectivity index (χ1) is 6.29. The van der Waals surface area contributed by atoms with E-state index in [2.05, 4.69) is 12.2 Å². The molecule has 0 fully saturated rings. The molecule has 0 saturated carbocycles. The Morgan fingerprint density at radius 3 is 2.38 bits per heavy atom. The summed E-state index contributed by atoms with van der Waals surface area (Å²) >= 11 is 1.40. The lowest BCUT2D eigenvalue weighted by Crippen LogP contribution is -2.13. The van der Waals surface area contributed by atoms with Crippen molar-refractivity contribution in [2.45, 2.75) is 19.8 Å². The maximum Gasteiger partial charge on any atom is 0.159 e. The van der Waals surface area contributed by atoms with Crippen molar-refractivity contribution in [1.82, 2.24) is 5.32 Å². The normalized spacial score (nSPS) is 8.31. The largest absolute Gasteiger partial charge is 0.378 e. The van der Waals surface area contributed by atoms with E-state index in [4.69, 9.17) is 10.5 Å². The third-order valence-corrected chi connectivity index (χ3v) is 2.23. The molecule has 13 heavy (non-hydrogen) atoms. The number of nitrogens with one attached hydrogen (secondary N) is 1. The molecule has 0 rings (SSSR count). The Bertz CT molecular complexity index is 241. The highest BCUT2D eigenvalue weighted by Gasteiger charge is 2.02. The molecule has 0 saturated heterocycles. The van der Waals surface area contributed by atoms with E-state index in [9.17, 15) is 0 Å². The van der Waals surface area contributed by atoms with E-state index in [0.717, 1.165) is 19.4 Å². The molecule has 0 aliphatic heterocycles. The van der Waals surface area contributed by atoms with Crippen LogP contribution in [0.1, 0.15) is 19.8 Å². The van der Waals surface area contributed by atoms with Gasteiger partial charge in [0.25, 0.3) is 0 Å². The predicted octanol–water partition coefficient (Wildman–Crippen LogP) is 2.00. The van der Waals surface area contributed by atoms with Gasteiger partial charge in [-0.2, -0.15) is 10.5 Å². The van der Waals surface area contributed by atoms with Gasteiger partial charge in [0.2, 0.25) is 0 Å². The minimum atomic E-state index is 0.170. The van der Waals surface area contributed by atoms with Gasteiger partial charge in [0.15, 0.2) is 5.57 Å². The minimum Gasteiger partial charge on any atom is -0.378 e. The first-order valence-electron chi connectivity index (χ1n) is 4.12. The van der Waals surface area contributed by atoms with Crippen molar-refractivity contribution < 1.29 is 0 Å². The highest BCUT2D eigenvalue weighted by atomic mass is 32.2. The van der Waals surface area contributed by atoms with Crippen LogP contribution >= 0.6 is 11.8 Å². The van der Waals surface area contributed by atoms with Crippen LogP contribution in [0.5, 0.6) is 0 Å². The Morgan fingerprint density at radius 2 is 2.00 bits per heavy atom. The monoisotopic (exact) mass is 195 g/mol. The lowest BCUT2D eigenvalue weighted by molar-refractivity contribution is 0.728. The van der Waals surface area contributed by atoms with Crippen molar-refractivity contribution in [3.05, 3.63) is 10.6 Å².